The Morgan fingerprint density at radius 2 is 2.25 bits per heavy atom. The van der Waals surface area contributed by atoms with Gasteiger partial charge in [-0.15, -0.1) is 0 Å². The van der Waals surface area contributed by atoms with Crippen LogP contribution in [0.25, 0.3) is 0 Å². The molecular weight excluding hydrogens is 243 g/mol. The van der Waals surface area contributed by atoms with Crippen molar-refractivity contribution in [2.24, 2.45) is 10.9 Å². The molecule has 0 unspecified atom stereocenters. The fourth-order valence-corrected chi connectivity index (χ4v) is 1.21. The van der Waals surface area contributed by atoms with Crippen molar-refractivity contribution < 1.29 is 5.21 Å². The standard InChI is InChI=1S/C7H6BrClN2O/c8-5-3-4(7(10)11-12)1-2-6(5)9/h1-3,12H,(H2,10,11). The van der Waals surface area contributed by atoms with Crippen molar-refractivity contribution in [2.75, 3.05) is 0 Å². The number of hydrogen-bond acceptors (Lipinski definition) is 2. The summed E-state index contributed by atoms with van der Waals surface area (Å²) in [6, 6.07) is 5.01. The highest BCUT2D eigenvalue weighted by Gasteiger charge is 2.01. The van der Waals surface area contributed by atoms with Gasteiger partial charge in [0.25, 0.3) is 0 Å². The smallest absolute Gasteiger partial charge is 0.170 e. The number of hydrogen-bond donors (Lipinski definition) is 2. The van der Waals surface area contributed by atoms with E-state index in [0.717, 1.165) is 0 Å². The summed E-state index contributed by atoms with van der Waals surface area (Å²) < 4.78 is 0.716. The molecule has 0 atom stereocenters. The highest BCUT2D eigenvalue weighted by molar-refractivity contribution is 9.10. The van der Waals surface area contributed by atoms with E-state index in [1.807, 2.05) is 0 Å². The molecule has 1 aromatic rings. The molecule has 1 rings (SSSR count). The molecule has 0 aromatic heterocycles. The van der Waals surface area contributed by atoms with Gasteiger partial charge in [-0.2, -0.15) is 0 Å². The third-order valence-corrected chi connectivity index (χ3v) is 2.54. The van der Waals surface area contributed by atoms with E-state index < -0.39 is 0 Å². The number of nitrogens with zero attached hydrogens (tertiary/aromatic N) is 1. The predicted molar refractivity (Wildman–Crippen MR) is 51.7 cm³/mol. The van der Waals surface area contributed by atoms with Crippen LogP contribution in [0.3, 0.4) is 0 Å². The van der Waals surface area contributed by atoms with E-state index in [4.69, 9.17) is 22.5 Å². The summed E-state index contributed by atoms with van der Waals surface area (Å²) in [4.78, 5) is 0. The maximum absolute atomic E-state index is 8.36. The number of oxime groups is 1. The Labute approximate surface area is 83.0 Å². The van der Waals surface area contributed by atoms with Crippen LogP contribution in [-0.4, -0.2) is 11.0 Å². The summed E-state index contributed by atoms with van der Waals surface area (Å²) in [7, 11) is 0. The van der Waals surface area contributed by atoms with Gasteiger partial charge >= 0.3 is 0 Å². The molecule has 12 heavy (non-hydrogen) atoms. The van der Waals surface area contributed by atoms with E-state index in [9.17, 15) is 0 Å². The zero-order valence-corrected chi connectivity index (χ0v) is 8.30. The van der Waals surface area contributed by atoms with E-state index >= 15 is 0 Å². The second-order valence-electron chi connectivity index (χ2n) is 2.11. The Balaban J connectivity index is 3.13. The van der Waals surface area contributed by atoms with E-state index in [-0.39, 0.29) is 5.84 Å². The maximum Gasteiger partial charge on any atom is 0.170 e. The lowest BCUT2D eigenvalue weighted by Gasteiger charge is -2.00. The van der Waals surface area contributed by atoms with Crippen molar-refractivity contribution >= 4 is 33.4 Å². The number of benzene rings is 1. The van der Waals surface area contributed by atoms with Crippen molar-refractivity contribution in [1.29, 1.82) is 0 Å². The first-order chi connectivity index (χ1) is 5.65. The van der Waals surface area contributed by atoms with E-state index in [2.05, 4.69) is 21.1 Å². The largest absolute Gasteiger partial charge is 0.409 e. The monoisotopic (exact) mass is 248 g/mol. The van der Waals surface area contributed by atoms with Crippen molar-refractivity contribution in [3.05, 3.63) is 33.3 Å². The quantitative estimate of drug-likeness (QED) is 0.347. The molecule has 1 aromatic carbocycles. The number of rotatable bonds is 1. The minimum atomic E-state index is 0.0624. The molecule has 3 N–H and O–H groups in total. The predicted octanol–water partition coefficient (Wildman–Crippen LogP) is 2.20. The Morgan fingerprint density at radius 1 is 1.58 bits per heavy atom. The minimum absolute atomic E-state index is 0.0624. The van der Waals surface area contributed by atoms with Crippen molar-refractivity contribution in [3.8, 4) is 0 Å². The van der Waals surface area contributed by atoms with Gasteiger partial charge in [-0.1, -0.05) is 16.8 Å². The van der Waals surface area contributed by atoms with Gasteiger partial charge in [0, 0.05) is 10.0 Å². The maximum atomic E-state index is 8.36. The van der Waals surface area contributed by atoms with E-state index in [0.29, 0.717) is 15.1 Å². The molecule has 0 bridgehead atoms. The van der Waals surface area contributed by atoms with Crippen molar-refractivity contribution in [1.82, 2.24) is 0 Å². The molecule has 0 fully saturated rings. The molecule has 0 saturated carbocycles. The van der Waals surface area contributed by atoms with Gasteiger partial charge in [0.15, 0.2) is 5.84 Å². The average molecular weight is 249 g/mol. The molecule has 0 amide bonds. The Kier molecular flexibility index (Phi) is 2.94. The van der Waals surface area contributed by atoms with Crippen LogP contribution in [0.5, 0.6) is 0 Å². The summed E-state index contributed by atoms with van der Waals surface area (Å²) in [6.45, 7) is 0. The fraction of sp³-hybridized carbons (Fsp3) is 0. The lowest BCUT2D eigenvalue weighted by molar-refractivity contribution is 0.318. The molecule has 0 heterocycles. The molecule has 5 heteroatoms. The second kappa shape index (κ2) is 3.78. The van der Waals surface area contributed by atoms with Crippen LogP contribution in [0, 0.1) is 0 Å². The highest BCUT2D eigenvalue weighted by Crippen LogP contribution is 2.22. The Bertz CT molecular complexity index is 327. The molecule has 0 aliphatic carbocycles. The lowest BCUT2D eigenvalue weighted by atomic mass is 10.2. The molecule has 0 saturated heterocycles. The number of halogens is 2. The fourth-order valence-electron chi connectivity index (χ4n) is 0.713. The molecule has 0 aliphatic rings. The van der Waals surface area contributed by atoms with Crippen LogP contribution in [-0.2, 0) is 0 Å². The van der Waals surface area contributed by atoms with E-state index in [1.165, 1.54) is 0 Å². The lowest BCUT2D eigenvalue weighted by Crippen LogP contribution is -2.12. The SMILES string of the molecule is N/C(=N\O)c1ccc(Cl)c(Br)c1. The normalized spacial score (nSPS) is 11.7. The average Bonchev–Trinajstić information content (AvgIpc) is 2.08. The molecule has 64 valence electrons. The van der Waals surface area contributed by atoms with Gasteiger partial charge in [0.05, 0.1) is 5.02 Å². The van der Waals surface area contributed by atoms with Crippen LogP contribution in [0.4, 0.5) is 0 Å². The van der Waals surface area contributed by atoms with Crippen LogP contribution in [0.1, 0.15) is 5.56 Å². The zero-order chi connectivity index (χ0) is 9.14. The van der Waals surface area contributed by atoms with Crippen LogP contribution >= 0.6 is 27.5 Å². The van der Waals surface area contributed by atoms with Gasteiger partial charge in [0.1, 0.15) is 0 Å². The van der Waals surface area contributed by atoms with Crippen LogP contribution in [0.2, 0.25) is 5.02 Å². The molecule has 0 aliphatic heterocycles. The third-order valence-electron chi connectivity index (χ3n) is 1.32. The Hall–Kier alpha value is -0.740. The van der Waals surface area contributed by atoms with Gasteiger partial charge in [-0.3, -0.25) is 0 Å². The van der Waals surface area contributed by atoms with Gasteiger partial charge < -0.3 is 10.9 Å². The minimum Gasteiger partial charge on any atom is -0.409 e. The van der Waals surface area contributed by atoms with Crippen LogP contribution < -0.4 is 5.73 Å². The summed E-state index contributed by atoms with van der Waals surface area (Å²) in [5.41, 5.74) is 5.97. The number of amidine groups is 1. The van der Waals surface area contributed by atoms with Crippen LogP contribution in [0.15, 0.2) is 27.8 Å². The van der Waals surface area contributed by atoms with E-state index in [1.54, 1.807) is 18.2 Å². The second-order valence-corrected chi connectivity index (χ2v) is 3.38. The van der Waals surface area contributed by atoms with Crippen molar-refractivity contribution in [3.63, 3.8) is 0 Å². The first kappa shape index (κ1) is 9.35. The topological polar surface area (TPSA) is 58.6 Å². The van der Waals surface area contributed by atoms with Crippen molar-refractivity contribution in [2.45, 2.75) is 0 Å². The zero-order valence-electron chi connectivity index (χ0n) is 5.96. The summed E-state index contributed by atoms with van der Waals surface area (Å²) in [5, 5.41) is 11.8. The number of nitrogens with two attached hydrogens (primary N) is 1. The van der Waals surface area contributed by atoms with Gasteiger partial charge in [-0.25, -0.2) is 0 Å². The molecule has 3 nitrogen and oxygen atoms in total. The Morgan fingerprint density at radius 3 is 2.75 bits per heavy atom. The van der Waals surface area contributed by atoms with Gasteiger partial charge in [-0.05, 0) is 34.1 Å². The first-order valence-electron chi connectivity index (χ1n) is 3.08. The first-order valence-corrected chi connectivity index (χ1v) is 4.25. The summed E-state index contributed by atoms with van der Waals surface area (Å²) in [6.07, 6.45) is 0. The molecular formula is C7H6BrClN2O. The highest BCUT2D eigenvalue weighted by atomic mass is 79.9. The van der Waals surface area contributed by atoms with Gasteiger partial charge in [0.2, 0.25) is 0 Å². The molecule has 0 radical (unpaired) electrons. The summed E-state index contributed by atoms with van der Waals surface area (Å²) >= 11 is 8.96. The summed E-state index contributed by atoms with van der Waals surface area (Å²) in [5.74, 6) is 0.0624. The third kappa shape index (κ3) is 1.89. The molecule has 0 spiro atoms.